The molecule has 0 aromatic heterocycles. The van der Waals surface area contributed by atoms with Crippen molar-refractivity contribution in [2.45, 2.75) is 46.1 Å². The van der Waals surface area contributed by atoms with Crippen LogP contribution in [0.25, 0.3) is 0 Å². The van der Waals surface area contributed by atoms with Gasteiger partial charge in [0.2, 0.25) is 0 Å². The summed E-state index contributed by atoms with van der Waals surface area (Å²) in [5.41, 5.74) is 0. The van der Waals surface area contributed by atoms with E-state index in [4.69, 9.17) is 0 Å². The lowest BCUT2D eigenvalue weighted by Gasteiger charge is -2.30. The molecule has 2 unspecified atom stereocenters. The van der Waals surface area contributed by atoms with Gasteiger partial charge in [0, 0.05) is 6.04 Å². The molecule has 0 amide bonds. The van der Waals surface area contributed by atoms with Crippen LogP contribution in [0.2, 0.25) is 0 Å². The summed E-state index contributed by atoms with van der Waals surface area (Å²) in [5, 5.41) is 3.45. The summed E-state index contributed by atoms with van der Waals surface area (Å²) in [7, 11) is 0. The van der Waals surface area contributed by atoms with Gasteiger partial charge in [-0.25, -0.2) is 0 Å². The Labute approximate surface area is 70.6 Å². The van der Waals surface area contributed by atoms with Crippen molar-refractivity contribution in [3.63, 3.8) is 0 Å². The Morgan fingerprint density at radius 1 is 1.36 bits per heavy atom. The summed E-state index contributed by atoms with van der Waals surface area (Å²) >= 11 is 0. The minimum Gasteiger partial charge on any atom is -0.314 e. The molecular formula is C10H21N. The van der Waals surface area contributed by atoms with Crippen molar-refractivity contribution in [1.29, 1.82) is 0 Å². The molecule has 1 heterocycles. The van der Waals surface area contributed by atoms with Crippen LogP contribution < -0.4 is 5.32 Å². The van der Waals surface area contributed by atoms with Gasteiger partial charge in [-0.2, -0.15) is 0 Å². The highest BCUT2D eigenvalue weighted by Crippen LogP contribution is 2.19. The van der Waals surface area contributed by atoms with Gasteiger partial charge in [0.15, 0.2) is 0 Å². The Morgan fingerprint density at radius 3 is 2.36 bits per heavy atom. The average molecular weight is 155 g/mol. The first-order valence-corrected chi connectivity index (χ1v) is 4.92. The molecule has 1 saturated heterocycles. The highest BCUT2D eigenvalue weighted by Gasteiger charge is 2.19. The second kappa shape index (κ2) is 4.10. The Kier molecular flexibility index (Phi) is 3.38. The zero-order valence-electron chi connectivity index (χ0n) is 8.06. The maximum absolute atomic E-state index is 3.45. The van der Waals surface area contributed by atoms with E-state index < -0.39 is 0 Å². The highest BCUT2D eigenvalue weighted by molar-refractivity contribution is 4.79. The van der Waals surface area contributed by atoms with Crippen LogP contribution >= 0.6 is 0 Å². The van der Waals surface area contributed by atoms with Crippen LogP contribution in [0.5, 0.6) is 0 Å². The molecule has 2 atom stereocenters. The summed E-state index contributed by atoms with van der Waals surface area (Å²) in [6.07, 6.45) is 4.18. The minimum absolute atomic E-state index is 0.851. The van der Waals surface area contributed by atoms with E-state index in [9.17, 15) is 0 Å². The summed E-state index contributed by atoms with van der Waals surface area (Å²) in [4.78, 5) is 0. The molecule has 1 fully saturated rings. The third kappa shape index (κ3) is 3.24. The van der Waals surface area contributed by atoms with Gasteiger partial charge in [-0.3, -0.25) is 0 Å². The summed E-state index contributed by atoms with van der Waals surface area (Å²) in [6.45, 7) is 8.24. The van der Waals surface area contributed by atoms with Gasteiger partial charge in [0.25, 0.3) is 0 Å². The summed E-state index contributed by atoms with van der Waals surface area (Å²) < 4.78 is 0. The van der Waals surface area contributed by atoms with E-state index in [1.807, 2.05) is 0 Å². The molecule has 1 rings (SSSR count). The van der Waals surface area contributed by atoms with Gasteiger partial charge in [-0.1, -0.05) is 20.8 Å². The van der Waals surface area contributed by atoms with E-state index in [2.05, 4.69) is 26.1 Å². The Bertz CT molecular complexity index is 105. The first kappa shape index (κ1) is 9.05. The molecular weight excluding hydrogens is 134 g/mol. The van der Waals surface area contributed by atoms with Gasteiger partial charge in [0.1, 0.15) is 0 Å². The van der Waals surface area contributed by atoms with Crippen molar-refractivity contribution in [3.8, 4) is 0 Å². The summed E-state index contributed by atoms with van der Waals surface area (Å²) in [6, 6.07) is 0.851. The lowest BCUT2D eigenvalue weighted by Crippen LogP contribution is -2.43. The standard InChI is InChI=1S/C10H21N/c1-8(2)6-9(3)7-10-4-5-11-10/h8-11H,4-7H2,1-3H3. The second-order valence-electron chi connectivity index (χ2n) is 4.41. The first-order valence-electron chi connectivity index (χ1n) is 4.92. The van der Waals surface area contributed by atoms with Crippen molar-refractivity contribution in [3.05, 3.63) is 0 Å². The Morgan fingerprint density at radius 2 is 2.00 bits per heavy atom. The van der Waals surface area contributed by atoms with Gasteiger partial charge < -0.3 is 5.32 Å². The fourth-order valence-electron chi connectivity index (χ4n) is 1.94. The van der Waals surface area contributed by atoms with E-state index >= 15 is 0 Å². The van der Waals surface area contributed by atoms with Crippen molar-refractivity contribution in [2.24, 2.45) is 11.8 Å². The van der Waals surface area contributed by atoms with Crippen LogP contribution in [0, 0.1) is 11.8 Å². The fourth-order valence-corrected chi connectivity index (χ4v) is 1.94. The third-order valence-electron chi connectivity index (χ3n) is 2.49. The molecule has 0 aliphatic carbocycles. The number of hydrogen-bond donors (Lipinski definition) is 1. The lowest BCUT2D eigenvalue weighted by atomic mass is 9.89. The third-order valence-corrected chi connectivity index (χ3v) is 2.49. The van der Waals surface area contributed by atoms with Crippen LogP contribution in [-0.4, -0.2) is 12.6 Å². The van der Waals surface area contributed by atoms with Gasteiger partial charge in [-0.05, 0) is 37.6 Å². The topological polar surface area (TPSA) is 12.0 Å². The van der Waals surface area contributed by atoms with Crippen LogP contribution in [0.3, 0.4) is 0 Å². The monoisotopic (exact) mass is 155 g/mol. The SMILES string of the molecule is CC(C)CC(C)CC1CCN1. The van der Waals surface area contributed by atoms with E-state index in [1.165, 1.54) is 25.8 Å². The highest BCUT2D eigenvalue weighted by atomic mass is 15.0. The van der Waals surface area contributed by atoms with Crippen LogP contribution in [0.1, 0.15) is 40.0 Å². The predicted molar refractivity (Wildman–Crippen MR) is 49.6 cm³/mol. The van der Waals surface area contributed by atoms with E-state index in [0.717, 1.165) is 17.9 Å². The zero-order valence-corrected chi connectivity index (χ0v) is 8.06. The molecule has 0 radical (unpaired) electrons. The molecule has 0 bridgehead atoms. The molecule has 66 valence electrons. The number of nitrogens with one attached hydrogen (secondary N) is 1. The molecule has 1 aliphatic rings. The second-order valence-corrected chi connectivity index (χ2v) is 4.41. The Hall–Kier alpha value is -0.0400. The molecule has 11 heavy (non-hydrogen) atoms. The Balaban J connectivity index is 2.04. The van der Waals surface area contributed by atoms with Crippen LogP contribution in [-0.2, 0) is 0 Å². The fraction of sp³-hybridized carbons (Fsp3) is 1.00. The normalized spacial score (nSPS) is 26.7. The maximum atomic E-state index is 3.45. The number of rotatable bonds is 4. The van der Waals surface area contributed by atoms with Crippen molar-refractivity contribution in [2.75, 3.05) is 6.54 Å². The van der Waals surface area contributed by atoms with Crippen LogP contribution in [0.15, 0.2) is 0 Å². The quantitative estimate of drug-likeness (QED) is 0.657. The van der Waals surface area contributed by atoms with Crippen molar-refractivity contribution in [1.82, 2.24) is 5.32 Å². The van der Waals surface area contributed by atoms with E-state index in [1.54, 1.807) is 0 Å². The van der Waals surface area contributed by atoms with Gasteiger partial charge >= 0.3 is 0 Å². The molecule has 0 aromatic carbocycles. The molecule has 0 saturated carbocycles. The average Bonchev–Trinajstić information content (AvgIpc) is 1.77. The largest absolute Gasteiger partial charge is 0.314 e. The zero-order chi connectivity index (χ0) is 8.27. The smallest absolute Gasteiger partial charge is 0.00816 e. The first-order chi connectivity index (χ1) is 5.18. The predicted octanol–water partition coefficient (Wildman–Crippen LogP) is 2.42. The minimum atomic E-state index is 0.851. The van der Waals surface area contributed by atoms with Gasteiger partial charge in [-0.15, -0.1) is 0 Å². The molecule has 0 spiro atoms. The van der Waals surface area contributed by atoms with Crippen molar-refractivity contribution < 1.29 is 0 Å². The van der Waals surface area contributed by atoms with Crippen molar-refractivity contribution >= 4 is 0 Å². The van der Waals surface area contributed by atoms with Crippen LogP contribution in [0.4, 0.5) is 0 Å². The van der Waals surface area contributed by atoms with E-state index in [-0.39, 0.29) is 0 Å². The summed E-state index contributed by atoms with van der Waals surface area (Å²) in [5.74, 6) is 1.78. The molecule has 0 aromatic rings. The number of hydrogen-bond acceptors (Lipinski definition) is 1. The lowest BCUT2D eigenvalue weighted by molar-refractivity contribution is 0.285. The maximum Gasteiger partial charge on any atom is 0.00816 e. The molecule has 1 nitrogen and oxygen atoms in total. The molecule has 1 heteroatoms. The van der Waals surface area contributed by atoms with Gasteiger partial charge in [0.05, 0.1) is 0 Å². The van der Waals surface area contributed by atoms with E-state index in [0.29, 0.717) is 0 Å². The molecule has 1 aliphatic heterocycles. The molecule has 1 N–H and O–H groups in total.